The standard InChI is InChI=1S/C13H20Br2N2/c1-4-17-11(12(15)9(2)16-17)8-13(3)6-5-10(14)7-13/h10H,4-8H2,1-3H3. The summed E-state index contributed by atoms with van der Waals surface area (Å²) < 4.78 is 3.35. The molecule has 0 saturated heterocycles. The Morgan fingerprint density at radius 3 is 2.76 bits per heavy atom. The second-order valence-corrected chi connectivity index (χ2v) is 7.58. The SMILES string of the molecule is CCn1nc(C)c(Br)c1CC1(C)CCC(Br)C1. The van der Waals surface area contributed by atoms with E-state index in [1.54, 1.807) is 0 Å². The summed E-state index contributed by atoms with van der Waals surface area (Å²) in [6.07, 6.45) is 5.01. The van der Waals surface area contributed by atoms with Crippen molar-refractivity contribution < 1.29 is 0 Å². The summed E-state index contributed by atoms with van der Waals surface area (Å²) in [4.78, 5) is 0.699. The molecule has 4 heteroatoms. The van der Waals surface area contributed by atoms with Crippen LogP contribution in [0.3, 0.4) is 0 Å². The Balaban J connectivity index is 2.23. The Labute approximate surface area is 120 Å². The summed E-state index contributed by atoms with van der Waals surface area (Å²) in [5, 5.41) is 4.58. The van der Waals surface area contributed by atoms with Crippen molar-refractivity contribution in [2.24, 2.45) is 5.41 Å². The van der Waals surface area contributed by atoms with Gasteiger partial charge in [0.2, 0.25) is 0 Å². The van der Waals surface area contributed by atoms with Crippen LogP contribution >= 0.6 is 31.9 Å². The van der Waals surface area contributed by atoms with Crippen molar-refractivity contribution in [2.75, 3.05) is 0 Å². The second kappa shape index (κ2) is 5.04. The average Bonchev–Trinajstić information content (AvgIpc) is 2.74. The van der Waals surface area contributed by atoms with E-state index in [0.717, 1.165) is 18.7 Å². The number of aromatic nitrogens is 2. The smallest absolute Gasteiger partial charge is 0.0738 e. The number of aryl methyl sites for hydroxylation is 2. The van der Waals surface area contributed by atoms with Crippen LogP contribution in [0, 0.1) is 12.3 Å². The zero-order chi connectivity index (χ0) is 12.6. The molecule has 0 radical (unpaired) electrons. The third-order valence-corrected chi connectivity index (χ3v) is 5.64. The minimum Gasteiger partial charge on any atom is -0.268 e. The van der Waals surface area contributed by atoms with Gasteiger partial charge in [-0.25, -0.2) is 0 Å². The van der Waals surface area contributed by atoms with Gasteiger partial charge in [0.1, 0.15) is 0 Å². The molecule has 1 heterocycles. The first-order valence-electron chi connectivity index (χ1n) is 6.31. The van der Waals surface area contributed by atoms with Crippen LogP contribution in [0.25, 0.3) is 0 Å². The lowest BCUT2D eigenvalue weighted by molar-refractivity contribution is 0.324. The van der Waals surface area contributed by atoms with E-state index in [1.165, 1.54) is 29.4 Å². The predicted molar refractivity (Wildman–Crippen MR) is 78.7 cm³/mol. The van der Waals surface area contributed by atoms with E-state index in [-0.39, 0.29) is 0 Å². The van der Waals surface area contributed by atoms with Crippen LogP contribution < -0.4 is 0 Å². The van der Waals surface area contributed by atoms with Gasteiger partial charge >= 0.3 is 0 Å². The van der Waals surface area contributed by atoms with Crippen LogP contribution in [0.15, 0.2) is 4.47 Å². The number of alkyl halides is 1. The van der Waals surface area contributed by atoms with Crippen molar-refractivity contribution in [3.05, 3.63) is 15.9 Å². The first-order valence-corrected chi connectivity index (χ1v) is 8.02. The van der Waals surface area contributed by atoms with Gasteiger partial charge in [0.25, 0.3) is 0 Å². The lowest BCUT2D eigenvalue weighted by Gasteiger charge is -2.24. The molecule has 17 heavy (non-hydrogen) atoms. The quantitative estimate of drug-likeness (QED) is 0.724. The lowest BCUT2D eigenvalue weighted by atomic mass is 9.84. The number of rotatable bonds is 3. The summed E-state index contributed by atoms with van der Waals surface area (Å²) in [6.45, 7) is 7.59. The summed E-state index contributed by atoms with van der Waals surface area (Å²) in [6, 6.07) is 0. The minimum atomic E-state index is 0.427. The highest BCUT2D eigenvalue weighted by atomic mass is 79.9. The first-order chi connectivity index (χ1) is 7.95. The molecule has 1 aliphatic carbocycles. The summed E-state index contributed by atoms with van der Waals surface area (Å²) >= 11 is 7.45. The third-order valence-electron chi connectivity index (χ3n) is 3.82. The maximum atomic E-state index is 4.58. The first kappa shape index (κ1) is 13.6. The Morgan fingerprint density at radius 2 is 2.24 bits per heavy atom. The largest absolute Gasteiger partial charge is 0.268 e. The molecule has 1 aromatic rings. The number of nitrogens with zero attached hydrogens (tertiary/aromatic N) is 2. The van der Waals surface area contributed by atoms with Gasteiger partial charge in [-0.2, -0.15) is 5.10 Å². The summed E-state index contributed by atoms with van der Waals surface area (Å²) in [5.41, 5.74) is 2.91. The Morgan fingerprint density at radius 1 is 1.53 bits per heavy atom. The topological polar surface area (TPSA) is 17.8 Å². The van der Waals surface area contributed by atoms with Gasteiger partial charge in [0.05, 0.1) is 15.9 Å². The normalized spacial score (nSPS) is 28.9. The van der Waals surface area contributed by atoms with Crippen molar-refractivity contribution in [1.82, 2.24) is 9.78 Å². The monoisotopic (exact) mass is 362 g/mol. The van der Waals surface area contributed by atoms with Crippen molar-refractivity contribution in [2.45, 2.75) is 57.8 Å². The molecule has 0 N–H and O–H groups in total. The lowest BCUT2D eigenvalue weighted by Crippen LogP contribution is -2.18. The maximum Gasteiger partial charge on any atom is 0.0738 e. The number of hydrogen-bond donors (Lipinski definition) is 0. The van der Waals surface area contributed by atoms with E-state index in [2.05, 4.69) is 62.4 Å². The van der Waals surface area contributed by atoms with Crippen LogP contribution in [0.4, 0.5) is 0 Å². The second-order valence-electron chi connectivity index (χ2n) is 5.49. The fourth-order valence-electron chi connectivity index (χ4n) is 2.85. The highest BCUT2D eigenvalue weighted by Gasteiger charge is 2.35. The average molecular weight is 364 g/mol. The molecule has 1 saturated carbocycles. The van der Waals surface area contributed by atoms with Gasteiger partial charge in [-0.1, -0.05) is 22.9 Å². The molecule has 2 nitrogen and oxygen atoms in total. The fraction of sp³-hybridized carbons (Fsp3) is 0.769. The Hall–Kier alpha value is 0.170. The number of hydrogen-bond acceptors (Lipinski definition) is 1. The number of halogens is 2. The van der Waals surface area contributed by atoms with Crippen molar-refractivity contribution in [1.29, 1.82) is 0 Å². The van der Waals surface area contributed by atoms with Crippen LogP contribution in [0.1, 0.15) is 44.5 Å². The van der Waals surface area contributed by atoms with Crippen LogP contribution in [0.5, 0.6) is 0 Å². The molecule has 0 aliphatic heterocycles. The molecule has 0 aromatic carbocycles. The molecule has 96 valence electrons. The van der Waals surface area contributed by atoms with Crippen molar-refractivity contribution in [3.8, 4) is 0 Å². The van der Waals surface area contributed by atoms with Crippen molar-refractivity contribution in [3.63, 3.8) is 0 Å². The molecule has 0 spiro atoms. The van der Waals surface area contributed by atoms with Crippen LogP contribution in [-0.2, 0) is 13.0 Å². The van der Waals surface area contributed by atoms with Gasteiger partial charge < -0.3 is 0 Å². The molecular formula is C13H20Br2N2. The fourth-order valence-corrected chi connectivity index (χ4v) is 4.28. The summed E-state index contributed by atoms with van der Waals surface area (Å²) in [7, 11) is 0. The molecule has 0 amide bonds. The predicted octanol–water partition coefficient (Wildman–Crippen LogP) is 4.47. The van der Waals surface area contributed by atoms with Gasteiger partial charge in [-0.3, -0.25) is 4.68 Å². The molecule has 0 bridgehead atoms. The van der Waals surface area contributed by atoms with E-state index in [9.17, 15) is 0 Å². The molecular weight excluding hydrogens is 344 g/mol. The molecule has 2 atom stereocenters. The highest BCUT2D eigenvalue weighted by Crippen LogP contribution is 2.44. The van der Waals surface area contributed by atoms with Gasteiger partial charge in [0, 0.05) is 11.4 Å². The zero-order valence-corrected chi connectivity index (χ0v) is 13.9. The minimum absolute atomic E-state index is 0.427. The maximum absolute atomic E-state index is 4.58. The zero-order valence-electron chi connectivity index (χ0n) is 10.8. The van der Waals surface area contributed by atoms with Crippen LogP contribution in [-0.4, -0.2) is 14.6 Å². The molecule has 1 aromatic heterocycles. The van der Waals surface area contributed by atoms with E-state index in [4.69, 9.17) is 0 Å². The highest BCUT2D eigenvalue weighted by molar-refractivity contribution is 9.10. The Kier molecular flexibility index (Phi) is 4.03. The van der Waals surface area contributed by atoms with Gasteiger partial charge in [-0.15, -0.1) is 0 Å². The van der Waals surface area contributed by atoms with E-state index < -0.39 is 0 Å². The molecule has 1 fully saturated rings. The van der Waals surface area contributed by atoms with Gasteiger partial charge in [0.15, 0.2) is 0 Å². The molecule has 2 unspecified atom stereocenters. The van der Waals surface area contributed by atoms with E-state index >= 15 is 0 Å². The van der Waals surface area contributed by atoms with Crippen molar-refractivity contribution >= 4 is 31.9 Å². The van der Waals surface area contributed by atoms with Crippen LogP contribution in [0.2, 0.25) is 0 Å². The molecule has 2 rings (SSSR count). The van der Waals surface area contributed by atoms with E-state index in [0.29, 0.717) is 10.2 Å². The van der Waals surface area contributed by atoms with Gasteiger partial charge in [-0.05, 0) is 60.9 Å². The molecule has 1 aliphatic rings. The third kappa shape index (κ3) is 2.78. The Bertz CT molecular complexity index is 414. The summed E-state index contributed by atoms with van der Waals surface area (Å²) in [5.74, 6) is 0. The van der Waals surface area contributed by atoms with E-state index in [1.807, 2.05) is 0 Å².